The molecule has 2 aromatic rings. The topological polar surface area (TPSA) is 38.7 Å². The van der Waals surface area contributed by atoms with Crippen LogP contribution in [-0.4, -0.2) is 23.9 Å². The monoisotopic (exact) mass is 354 g/mol. The van der Waals surface area contributed by atoms with Crippen molar-refractivity contribution < 1.29 is 14.6 Å². The van der Waals surface area contributed by atoms with Gasteiger partial charge in [-0.1, -0.05) is 74.5 Å². The molecule has 0 spiro atoms. The molecule has 1 fully saturated rings. The van der Waals surface area contributed by atoms with E-state index < -0.39 is 6.10 Å². The van der Waals surface area contributed by atoms with Crippen LogP contribution in [0.1, 0.15) is 31.4 Å². The number of benzene rings is 2. The fourth-order valence-corrected chi connectivity index (χ4v) is 3.89. The molecule has 0 saturated heterocycles. The Bertz CT molecular complexity index is 641. The maximum atomic E-state index is 10.6. The summed E-state index contributed by atoms with van der Waals surface area (Å²) in [6.45, 7) is 6.30. The third-order valence-corrected chi connectivity index (χ3v) is 5.74. The minimum absolute atomic E-state index is 0.115. The van der Waals surface area contributed by atoms with Gasteiger partial charge in [-0.05, 0) is 35.3 Å². The molecule has 1 N–H and O–H groups in total. The molecule has 3 rings (SSSR count). The smallest absolute Gasteiger partial charge is 0.0866 e. The zero-order chi connectivity index (χ0) is 18.4. The van der Waals surface area contributed by atoms with Crippen molar-refractivity contribution in [3.63, 3.8) is 0 Å². The lowest BCUT2D eigenvalue weighted by atomic mass is 9.71. The molecule has 0 aromatic heterocycles. The predicted molar refractivity (Wildman–Crippen MR) is 104 cm³/mol. The number of ether oxygens (including phenoxy) is 2. The van der Waals surface area contributed by atoms with Crippen molar-refractivity contribution in [2.75, 3.05) is 6.61 Å². The van der Waals surface area contributed by atoms with Gasteiger partial charge in [0.1, 0.15) is 0 Å². The van der Waals surface area contributed by atoms with Gasteiger partial charge >= 0.3 is 0 Å². The van der Waals surface area contributed by atoms with Crippen LogP contribution >= 0.6 is 0 Å². The highest BCUT2D eigenvalue weighted by Gasteiger charge is 2.40. The molecule has 1 saturated carbocycles. The van der Waals surface area contributed by atoms with Gasteiger partial charge in [-0.3, -0.25) is 0 Å². The molecule has 5 atom stereocenters. The molecule has 26 heavy (non-hydrogen) atoms. The molecule has 0 radical (unpaired) electrons. The third kappa shape index (κ3) is 4.94. The zero-order valence-corrected chi connectivity index (χ0v) is 15.8. The van der Waals surface area contributed by atoms with Crippen molar-refractivity contribution in [2.45, 2.75) is 45.7 Å². The van der Waals surface area contributed by atoms with E-state index in [4.69, 9.17) is 9.47 Å². The van der Waals surface area contributed by atoms with E-state index in [2.05, 4.69) is 38.1 Å². The molecular weight excluding hydrogens is 324 g/mol. The zero-order valence-electron chi connectivity index (χ0n) is 15.8. The van der Waals surface area contributed by atoms with Crippen LogP contribution in [0, 0.1) is 17.8 Å². The van der Waals surface area contributed by atoms with Gasteiger partial charge in [-0.25, -0.2) is 0 Å². The molecule has 5 unspecified atom stereocenters. The lowest BCUT2D eigenvalue weighted by Crippen LogP contribution is -2.47. The fourth-order valence-electron chi connectivity index (χ4n) is 3.89. The Balaban J connectivity index is 1.49. The van der Waals surface area contributed by atoms with Crippen molar-refractivity contribution in [1.29, 1.82) is 0 Å². The van der Waals surface area contributed by atoms with Crippen molar-refractivity contribution in [3.8, 4) is 0 Å². The first-order chi connectivity index (χ1) is 12.6. The van der Waals surface area contributed by atoms with E-state index in [1.807, 2.05) is 36.4 Å². The Morgan fingerprint density at radius 1 is 0.846 bits per heavy atom. The van der Waals surface area contributed by atoms with Crippen LogP contribution in [0.15, 0.2) is 60.7 Å². The number of hydrogen-bond donors (Lipinski definition) is 1. The number of hydrogen-bond acceptors (Lipinski definition) is 3. The summed E-state index contributed by atoms with van der Waals surface area (Å²) in [5, 5.41) is 10.6. The molecule has 0 aliphatic heterocycles. The number of aliphatic hydroxyl groups excluding tert-OH is 1. The second-order valence-corrected chi connectivity index (χ2v) is 7.54. The molecule has 0 bridgehead atoms. The van der Waals surface area contributed by atoms with E-state index in [1.165, 1.54) is 5.56 Å². The van der Waals surface area contributed by atoms with Gasteiger partial charge in [0.2, 0.25) is 0 Å². The van der Waals surface area contributed by atoms with Gasteiger partial charge in [0.15, 0.2) is 0 Å². The molecule has 3 nitrogen and oxygen atoms in total. The third-order valence-electron chi connectivity index (χ3n) is 5.74. The average Bonchev–Trinajstić information content (AvgIpc) is 2.67. The molecule has 2 aromatic carbocycles. The Hall–Kier alpha value is -1.68. The van der Waals surface area contributed by atoms with Crippen molar-refractivity contribution in [1.82, 2.24) is 0 Å². The Morgan fingerprint density at radius 3 is 2.04 bits per heavy atom. The minimum atomic E-state index is -0.435. The van der Waals surface area contributed by atoms with E-state index in [-0.39, 0.29) is 6.10 Å². The summed E-state index contributed by atoms with van der Waals surface area (Å²) in [6.07, 6.45) is 0.186. The first-order valence-electron chi connectivity index (χ1n) is 9.60. The second-order valence-electron chi connectivity index (χ2n) is 7.54. The summed E-state index contributed by atoms with van der Waals surface area (Å²) in [6, 6.07) is 20.4. The summed E-state index contributed by atoms with van der Waals surface area (Å²) in [4.78, 5) is 0. The number of rotatable bonds is 7. The standard InChI is InChI=1S/C23H30O3/c1-17-18(2)23(26-15-20-11-7-4-8-12-20)22(24)13-21(17)16-25-14-19-9-5-3-6-10-19/h3-12,17-18,21-24H,13-16H2,1-2H3. The van der Waals surface area contributed by atoms with Crippen LogP contribution in [-0.2, 0) is 22.7 Å². The first kappa shape index (κ1) is 19.1. The van der Waals surface area contributed by atoms with Crippen LogP contribution < -0.4 is 0 Å². The summed E-state index contributed by atoms with van der Waals surface area (Å²) in [5.74, 6) is 1.11. The van der Waals surface area contributed by atoms with Gasteiger partial charge in [-0.2, -0.15) is 0 Å². The van der Waals surface area contributed by atoms with Gasteiger partial charge < -0.3 is 14.6 Å². The van der Waals surface area contributed by atoms with E-state index in [0.717, 1.165) is 12.0 Å². The van der Waals surface area contributed by atoms with E-state index in [1.54, 1.807) is 0 Å². The van der Waals surface area contributed by atoms with E-state index in [9.17, 15) is 5.11 Å². The maximum absolute atomic E-state index is 10.6. The Labute approximate surface area is 157 Å². The molecule has 3 heteroatoms. The molecule has 1 aliphatic carbocycles. The quantitative estimate of drug-likeness (QED) is 0.799. The fraction of sp³-hybridized carbons (Fsp3) is 0.478. The van der Waals surface area contributed by atoms with Crippen molar-refractivity contribution in [3.05, 3.63) is 71.8 Å². The molecule has 140 valence electrons. The predicted octanol–water partition coefficient (Wildman–Crippen LogP) is 4.44. The van der Waals surface area contributed by atoms with Gasteiger partial charge in [0.05, 0.1) is 32.0 Å². The van der Waals surface area contributed by atoms with Gasteiger partial charge in [-0.15, -0.1) is 0 Å². The molecule has 0 amide bonds. The van der Waals surface area contributed by atoms with Crippen molar-refractivity contribution >= 4 is 0 Å². The molecular formula is C23H30O3. The Morgan fingerprint density at radius 2 is 1.42 bits per heavy atom. The summed E-state index contributed by atoms with van der Waals surface area (Å²) < 4.78 is 12.0. The normalized spacial score (nSPS) is 28.8. The second kappa shape index (κ2) is 9.31. The highest BCUT2D eigenvalue weighted by molar-refractivity contribution is 5.14. The highest BCUT2D eigenvalue weighted by Crippen LogP contribution is 2.37. The van der Waals surface area contributed by atoms with Crippen LogP contribution in [0.25, 0.3) is 0 Å². The Kier molecular flexibility index (Phi) is 6.84. The van der Waals surface area contributed by atoms with Gasteiger partial charge in [0, 0.05) is 0 Å². The summed E-state index contributed by atoms with van der Waals surface area (Å²) >= 11 is 0. The highest BCUT2D eigenvalue weighted by atomic mass is 16.5. The SMILES string of the molecule is CC1C(COCc2ccccc2)CC(O)C(OCc2ccccc2)C1C. The van der Waals surface area contributed by atoms with Crippen LogP contribution in [0.3, 0.4) is 0 Å². The lowest BCUT2D eigenvalue weighted by Gasteiger charge is -2.42. The van der Waals surface area contributed by atoms with E-state index >= 15 is 0 Å². The van der Waals surface area contributed by atoms with Crippen LogP contribution in [0.4, 0.5) is 0 Å². The summed E-state index contributed by atoms with van der Waals surface area (Å²) in [7, 11) is 0. The van der Waals surface area contributed by atoms with Crippen LogP contribution in [0.2, 0.25) is 0 Å². The molecule has 1 aliphatic rings. The van der Waals surface area contributed by atoms with E-state index in [0.29, 0.717) is 37.6 Å². The largest absolute Gasteiger partial charge is 0.390 e. The number of aliphatic hydroxyl groups is 1. The first-order valence-corrected chi connectivity index (χ1v) is 9.60. The van der Waals surface area contributed by atoms with Crippen LogP contribution in [0.5, 0.6) is 0 Å². The maximum Gasteiger partial charge on any atom is 0.0866 e. The molecule has 0 heterocycles. The summed E-state index contributed by atoms with van der Waals surface area (Å²) in [5.41, 5.74) is 2.33. The van der Waals surface area contributed by atoms with Crippen molar-refractivity contribution in [2.24, 2.45) is 17.8 Å². The lowest BCUT2D eigenvalue weighted by molar-refractivity contribution is -0.131. The average molecular weight is 354 g/mol. The minimum Gasteiger partial charge on any atom is -0.390 e. The van der Waals surface area contributed by atoms with Gasteiger partial charge in [0.25, 0.3) is 0 Å².